The number of rotatable bonds is 3. The van der Waals surface area contributed by atoms with Crippen LogP contribution in [0.25, 0.3) is 5.65 Å². The molecular formula is C24H17N3O3. The van der Waals surface area contributed by atoms with Crippen molar-refractivity contribution >= 4 is 28.8 Å². The van der Waals surface area contributed by atoms with E-state index in [1.165, 1.54) is 0 Å². The van der Waals surface area contributed by atoms with Crippen LogP contribution in [0.2, 0.25) is 0 Å². The van der Waals surface area contributed by atoms with Crippen molar-refractivity contribution in [3.63, 3.8) is 0 Å². The van der Waals surface area contributed by atoms with Gasteiger partial charge in [0, 0.05) is 40.3 Å². The lowest BCUT2D eigenvalue weighted by Gasteiger charge is -2.18. The first-order chi connectivity index (χ1) is 14.5. The van der Waals surface area contributed by atoms with Crippen molar-refractivity contribution in [1.82, 2.24) is 9.38 Å². The van der Waals surface area contributed by atoms with E-state index in [2.05, 4.69) is 10.3 Å². The van der Waals surface area contributed by atoms with Gasteiger partial charge in [0.2, 0.25) is 5.91 Å². The van der Waals surface area contributed by atoms with E-state index in [0.717, 1.165) is 11.2 Å². The first kappa shape index (κ1) is 18.0. The molecule has 2 aromatic heterocycles. The van der Waals surface area contributed by atoms with Crippen LogP contribution in [0.1, 0.15) is 43.1 Å². The number of ketones is 2. The fourth-order valence-corrected chi connectivity index (χ4v) is 3.77. The lowest BCUT2D eigenvalue weighted by Crippen LogP contribution is -2.21. The van der Waals surface area contributed by atoms with Gasteiger partial charge in [-0.25, -0.2) is 4.98 Å². The summed E-state index contributed by atoms with van der Waals surface area (Å²) < 4.78 is 1.87. The predicted octanol–water partition coefficient (Wildman–Crippen LogP) is 3.60. The third-order valence-corrected chi connectivity index (χ3v) is 5.22. The number of aromatic nitrogens is 2. The summed E-state index contributed by atoms with van der Waals surface area (Å²) in [6, 6.07) is 15.5. The zero-order chi connectivity index (χ0) is 20.8. The molecule has 146 valence electrons. The van der Waals surface area contributed by atoms with Crippen molar-refractivity contribution in [2.45, 2.75) is 13.3 Å². The highest BCUT2D eigenvalue weighted by molar-refractivity contribution is 6.28. The number of benzene rings is 2. The minimum atomic E-state index is -0.245. The Morgan fingerprint density at radius 1 is 0.933 bits per heavy atom. The summed E-state index contributed by atoms with van der Waals surface area (Å²) in [5.74, 6) is -0.643. The van der Waals surface area contributed by atoms with Crippen LogP contribution in [0.4, 0.5) is 5.69 Å². The number of carbonyl (C=O) groups is 3. The van der Waals surface area contributed by atoms with Gasteiger partial charge >= 0.3 is 0 Å². The number of nitrogens with zero attached hydrogens (tertiary/aromatic N) is 2. The van der Waals surface area contributed by atoms with Gasteiger partial charge < -0.3 is 9.72 Å². The minimum absolute atomic E-state index is 0.105. The number of hydrogen-bond donors (Lipinski definition) is 1. The SMILES string of the molecule is Cc1ccn2cc(CC(=O)Nc3ccc4c(c3)C(=O)c3ccccc3C4=O)nc2c1. The molecule has 1 aliphatic rings. The number of imidazole rings is 1. The van der Waals surface area contributed by atoms with Gasteiger partial charge in [-0.05, 0) is 42.8 Å². The zero-order valence-corrected chi connectivity index (χ0v) is 16.2. The second-order valence-corrected chi connectivity index (χ2v) is 7.39. The molecule has 2 aromatic carbocycles. The Balaban J connectivity index is 1.38. The van der Waals surface area contributed by atoms with Crippen LogP contribution in [0.15, 0.2) is 67.0 Å². The van der Waals surface area contributed by atoms with Gasteiger partial charge in [-0.2, -0.15) is 0 Å². The van der Waals surface area contributed by atoms with Gasteiger partial charge in [0.25, 0.3) is 0 Å². The molecule has 0 bridgehead atoms. The maximum absolute atomic E-state index is 12.8. The van der Waals surface area contributed by atoms with Crippen LogP contribution in [-0.4, -0.2) is 26.9 Å². The second kappa shape index (κ2) is 6.77. The van der Waals surface area contributed by atoms with Crippen molar-refractivity contribution in [2.75, 3.05) is 5.32 Å². The third kappa shape index (κ3) is 2.99. The number of fused-ring (bicyclic) bond motifs is 3. The number of anilines is 1. The fourth-order valence-electron chi connectivity index (χ4n) is 3.77. The molecule has 0 aliphatic heterocycles. The maximum atomic E-state index is 12.8. The number of hydrogen-bond acceptors (Lipinski definition) is 4. The highest BCUT2D eigenvalue weighted by Crippen LogP contribution is 2.29. The van der Waals surface area contributed by atoms with Gasteiger partial charge in [-0.3, -0.25) is 14.4 Å². The summed E-state index contributed by atoms with van der Waals surface area (Å²) >= 11 is 0. The quantitative estimate of drug-likeness (QED) is 0.506. The number of carbonyl (C=O) groups excluding carboxylic acids is 3. The largest absolute Gasteiger partial charge is 0.326 e. The number of amides is 1. The topological polar surface area (TPSA) is 80.5 Å². The molecule has 1 amide bonds. The Labute approximate surface area is 172 Å². The normalized spacial score (nSPS) is 12.6. The average molecular weight is 395 g/mol. The first-order valence-corrected chi connectivity index (χ1v) is 9.56. The molecule has 1 N–H and O–H groups in total. The van der Waals surface area contributed by atoms with Gasteiger partial charge in [-0.1, -0.05) is 24.3 Å². The lowest BCUT2D eigenvalue weighted by atomic mass is 9.84. The molecule has 0 fully saturated rings. The van der Waals surface area contributed by atoms with Crippen LogP contribution in [0.3, 0.4) is 0 Å². The molecule has 0 atom stereocenters. The Bertz CT molecular complexity index is 1370. The van der Waals surface area contributed by atoms with E-state index in [4.69, 9.17) is 0 Å². The summed E-state index contributed by atoms with van der Waals surface area (Å²) in [6.07, 6.45) is 3.83. The van der Waals surface area contributed by atoms with E-state index in [-0.39, 0.29) is 23.9 Å². The van der Waals surface area contributed by atoms with Gasteiger partial charge in [0.15, 0.2) is 11.6 Å². The van der Waals surface area contributed by atoms with Crippen LogP contribution < -0.4 is 5.32 Å². The van der Waals surface area contributed by atoms with Crippen molar-refractivity contribution < 1.29 is 14.4 Å². The smallest absolute Gasteiger partial charge is 0.230 e. The molecule has 6 heteroatoms. The third-order valence-electron chi connectivity index (χ3n) is 5.22. The zero-order valence-electron chi connectivity index (χ0n) is 16.2. The van der Waals surface area contributed by atoms with Crippen LogP contribution in [0.5, 0.6) is 0 Å². The van der Waals surface area contributed by atoms with Crippen LogP contribution in [0, 0.1) is 6.92 Å². The van der Waals surface area contributed by atoms with E-state index in [9.17, 15) is 14.4 Å². The van der Waals surface area contributed by atoms with Crippen molar-refractivity contribution in [1.29, 1.82) is 0 Å². The Morgan fingerprint density at radius 2 is 1.63 bits per heavy atom. The Kier molecular flexibility index (Phi) is 4.06. The minimum Gasteiger partial charge on any atom is -0.326 e. The van der Waals surface area contributed by atoms with Gasteiger partial charge in [-0.15, -0.1) is 0 Å². The van der Waals surface area contributed by atoms with Gasteiger partial charge in [0.05, 0.1) is 12.1 Å². The van der Waals surface area contributed by atoms with E-state index < -0.39 is 0 Å². The Morgan fingerprint density at radius 3 is 2.40 bits per heavy atom. The van der Waals surface area contributed by atoms with Gasteiger partial charge in [0.1, 0.15) is 5.65 Å². The maximum Gasteiger partial charge on any atom is 0.230 e. The summed E-state index contributed by atoms with van der Waals surface area (Å²) in [7, 11) is 0. The molecule has 1 aliphatic carbocycles. The average Bonchev–Trinajstić information content (AvgIpc) is 3.13. The van der Waals surface area contributed by atoms with E-state index >= 15 is 0 Å². The fraction of sp³-hybridized carbons (Fsp3) is 0.0833. The molecule has 2 heterocycles. The van der Waals surface area contributed by atoms with Crippen LogP contribution in [-0.2, 0) is 11.2 Å². The highest BCUT2D eigenvalue weighted by Gasteiger charge is 2.29. The molecule has 4 aromatic rings. The van der Waals surface area contributed by atoms with E-state index in [1.807, 2.05) is 35.9 Å². The Hall–Kier alpha value is -4.06. The molecule has 30 heavy (non-hydrogen) atoms. The number of nitrogens with one attached hydrogen (secondary N) is 1. The molecule has 0 unspecified atom stereocenters. The predicted molar refractivity (Wildman–Crippen MR) is 112 cm³/mol. The van der Waals surface area contributed by atoms with Crippen molar-refractivity contribution in [3.8, 4) is 0 Å². The molecular weight excluding hydrogens is 378 g/mol. The monoisotopic (exact) mass is 395 g/mol. The second-order valence-electron chi connectivity index (χ2n) is 7.39. The number of pyridine rings is 1. The molecule has 0 radical (unpaired) electrons. The highest BCUT2D eigenvalue weighted by atomic mass is 16.2. The first-order valence-electron chi connectivity index (χ1n) is 9.56. The molecule has 5 rings (SSSR count). The van der Waals surface area contributed by atoms with E-state index in [1.54, 1.807) is 42.5 Å². The van der Waals surface area contributed by atoms with Crippen molar-refractivity contribution in [2.24, 2.45) is 0 Å². The lowest BCUT2D eigenvalue weighted by molar-refractivity contribution is -0.115. The summed E-state index contributed by atoms with van der Waals surface area (Å²) in [5.41, 5.74) is 4.46. The molecule has 0 saturated carbocycles. The molecule has 0 saturated heterocycles. The number of aryl methyl sites for hydroxylation is 1. The van der Waals surface area contributed by atoms with Crippen LogP contribution >= 0.6 is 0 Å². The van der Waals surface area contributed by atoms with Crippen molar-refractivity contribution in [3.05, 3.63) is 101 Å². The van der Waals surface area contributed by atoms with E-state index in [0.29, 0.717) is 33.6 Å². The summed E-state index contributed by atoms with van der Waals surface area (Å²) in [4.78, 5) is 42.5. The molecule has 6 nitrogen and oxygen atoms in total. The molecule has 0 spiro atoms. The summed E-state index contributed by atoms with van der Waals surface area (Å²) in [6.45, 7) is 1.99. The summed E-state index contributed by atoms with van der Waals surface area (Å²) in [5, 5.41) is 2.80. The standard InChI is InChI=1S/C24H17N3O3/c1-14-8-9-27-13-16(25-21(27)10-14)12-22(28)26-15-6-7-19-20(11-15)24(30)18-5-3-2-4-17(18)23(19)29/h2-11,13H,12H2,1H3,(H,26,28).